The van der Waals surface area contributed by atoms with Crippen LogP contribution in [0.15, 0.2) is 36.5 Å². The lowest BCUT2D eigenvalue weighted by Gasteiger charge is -2.19. The molecule has 0 spiro atoms. The third kappa shape index (κ3) is 4.59. The summed E-state index contributed by atoms with van der Waals surface area (Å²) < 4.78 is 14.2. The van der Waals surface area contributed by atoms with Crippen molar-refractivity contribution in [2.24, 2.45) is 5.92 Å². The number of rotatable bonds is 4. The lowest BCUT2D eigenvalue weighted by Crippen LogP contribution is -2.37. The highest BCUT2D eigenvalue weighted by molar-refractivity contribution is 5.98. The van der Waals surface area contributed by atoms with Crippen LogP contribution in [-0.4, -0.2) is 47.2 Å². The largest absolute Gasteiger partial charge is 0.354 e. The molecular weight excluding hydrogens is 375 g/mol. The molecule has 1 aliphatic heterocycles. The molecule has 0 bridgehead atoms. The van der Waals surface area contributed by atoms with Crippen molar-refractivity contribution in [3.63, 3.8) is 0 Å². The monoisotopic (exact) mass is 396 g/mol. The lowest BCUT2D eigenvalue weighted by atomic mass is 10.0. The van der Waals surface area contributed by atoms with Gasteiger partial charge in [0.05, 0.1) is 6.54 Å². The van der Waals surface area contributed by atoms with E-state index in [9.17, 15) is 18.8 Å². The van der Waals surface area contributed by atoms with Crippen LogP contribution in [0.4, 0.5) is 10.2 Å². The fraction of sp³-hybridized carbons (Fsp3) is 0.333. The summed E-state index contributed by atoms with van der Waals surface area (Å²) in [5, 5.41) is 5.47. The highest BCUT2D eigenvalue weighted by atomic mass is 19.1. The number of amides is 3. The average molecular weight is 396 g/mol. The smallest absolute Gasteiger partial charge is 0.254 e. The number of aromatic nitrogens is 1. The van der Waals surface area contributed by atoms with Gasteiger partial charge in [-0.05, 0) is 55.2 Å². The van der Waals surface area contributed by atoms with Gasteiger partial charge in [-0.2, -0.15) is 0 Å². The molecule has 2 heterocycles. The number of nitrogens with zero attached hydrogens (tertiary/aromatic N) is 2. The molecule has 0 unspecified atom stereocenters. The van der Waals surface area contributed by atoms with Crippen molar-refractivity contribution in [2.75, 3.05) is 25.0 Å². The molecule has 1 aliphatic carbocycles. The highest BCUT2D eigenvalue weighted by Gasteiger charge is 2.29. The third-order valence-corrected chi connectivity index (χ3v) is 4.99. The zero-order chi connectivity index (χ0) is 20.4. The van der Waals surface area contributed by atoms with Crippen molar-refractivity contribution in [3.05, 3.63) is 47.9 Å². The fourth-order valence-corrected chi connectivity index (χ4v) is 3.25. The number of benzene rings is 1. The molecule has 29 heavy (non-hydrogen) atoms. The van der Waals surface area contributed by atoms with Crippen LogP contribution in [0.1, 0.15) is 29.6 Å². The van der Waals surface area contributed by atoms with E-state index in [1.54, 1.807) is 18.2 Å². The Balaban J connectivity index is 1.53. The zero-order valence-corrected chi connectivity index (χ0v) is 15.8. The zero-order valence-electron chi connectivity index (χ0n) is 15.8. The average Bonchev–Trinajstić information content (AvgIpc) is 3.55. The van der Waals surface area contributed by atoms with Crippen molar-refractivity contribution in [1.29, 1.82) is 0 Å². The van der Waals surface area contributed by atoms with Crippen molar-refractivity contribution in [2.45, 2.75) is 19.3 Å². The molecule has 2 aromatic rings. The normalized spacial score (nSPS) is 16.7. The Bertz CT molecular complexity index is 957. The van der Waals surface area contributed by atoms with Crippen molar-refractivity contribution >= 4 is 23.5 Å². The predicted octanol–water partition coefficient (Wildman–Crippen LogP) is 2.20. The van der Waals surface area contributed by atoms with Crippen LogP contribution < -0.4 is 10.6 Å². The van der Waals surface area contributed by atoms with Gasteiger partial charge in [-0.1, -0.05) is 0 Å². The van der Waals surface area contributed by atoms with Crippen LogP contribution in [0.5, 0.6) is 0 Å². The van der Waals surface area contributed by atoms with Crippen LogP contribution in [0, 0.1) is 11.7 Å². The fourth-order valence-electron chi connectivity index (χ4n) is 3.25. The number of anilines is 1. The van der Waals surface area contributed by atoms with E-state index in [4.69, 9.17) is 0 Å². The second-order valence-corrected chi connectivity index (χ2v) is 7.35. The molecule has 1 saturated carbocycles. The summed E-state index contributed by atoms with van der Waals surface area (Å²) in [4.78, 5) is 42.0. The molecule has 2 aliphatic rings. The quantitative estimate of drug-likeness (QED) is 0.829. The van der Waals surface area contributed by atoms with Gasteiger partial charge in [-0.15, -0.1) is 0 Å². The highest BCUT2D eigenvalue weighted by Crippen LogP contribution is 2.30. The second kappa shape index (κ2) is 7.98. The summed E-state index contributed by atoms with van der Waals surface area (Å²) in [6.45, 7) is 0.911. The van der Waals surface area contributed by atoms with Gasteiger partial charge in [-0.25, -0.2) is 9.37 Å². The summed E-state index contributed by atoms with van der Waals surface area (Å²) in [5.74, 6) is -0.672. The summed E-state index contributed by atoms with van der Waals surface area (Å²) in [5.41, 5.74) is 1.30. The maximum absolute atomic E-state index is 14.2. The molecule has 0 atom stereocenters. The Labute approximate surface area is 167 Å². The summed E-state index contributed by atoms with van der Waals surface area (Å²) in [6.07, 6.45) is 3.99. The van der Waals surface area contributed by atoms with Gasteiger partial charge in [0.25, 0.3) is 5.91 Å². The van der Waals surface area contributed by atoms with Crippen LogP contribution >= 0.6 is 0 Å². The summed E-state index contributed by atoms with van der Waals surface area (Å²) in [6, 6.07) is 7.46. The predicted molar refractivity (Wildman–Crippen MR) is 105 cm³/mol. The Morgan fingerprint density at radius 3 is 2.72 bits per heavy atom. The second-order valence-electron chi connectivity index (χ2n) is 7.35. The Morgan fingerprint density at radius 2 is 2.00 bits per heavy atom. The number of nitrogens with one attached hydrogen (secondary N) is 2. The van der Waals surface area contributed by atoms with Gasteiger partial charge in [0.1, 0.15) is 11.6 Å². The number of carbonyl (C=O) groups excluding carboxylic acids is 3. The molecule has 4 rings (SSSR count). The molecule has 150 valence electrons. The van der Waals surface area contributed by atoms with Gasteiger partial charge in [0, 0.05) is 36.3 Å². The van der Waals surface area contributed by atoms with E-state index in [1.807, 2.05) is 0 Å². The molecule has 8 heteroatoms. The van der Waals surface area contributed by atoms with Gasteiger partial charge >= 0.3 is 0 Å². The number of hydrogen-bond acceptors (Lipinski definition) is 4. The standard InChI is InChI=1S/C21H21FN4O3/c22-17-9-15(14-4-5-18(24-11-14)25-20(28)13-2-3-13)8-16(10-17)21(29)26-7-1-6-23-19(27)12-26/h4-5,8-11,13H,1-3,6-7,12H2,(H,23,27)(H,24,25,28). The molecule has 2 N–H and O–H groups in total. The van der Waals surface area contributed by atoms with Crippen LogP contribution in [0.2, 0.25) is 0 Å². The minimum Gasteiger partial charge on any atom is -0.354 e. The Hall–Kier alpha value is -3.29. The first-order valence-electron chi connectivity index (χ1n) is 9.63. The van der Waals surface area contributed by atoms with Crippen LogP contribution in [-0.2, 0) is 9.59 Å². The maximum Gasteiger partial charge on any atom is 0.254 e. The summed E-state index contributed by atoms with van der Waals surface area (Å²) in [7, 11) is 0. The lowest BCUT2D eigenvalue weighted by molar-refractivity contribution is -0.121. The molecule has 2 fully saturated rings. The first-order valence-corrected chi connectivity index (χ1v) is 9.63. The van der Waals surface area contributed by atoms with E-state index < -0.39 is 5.82 Å². The summed E-state index contributed by atoms with van der Waals surface area (Å²) >= 11 is 0. The van der Waals surface area contributed by atoms with Gasteiger partial charge in [0.15, 0.2) is 0 Å². The molecule has 0 radical (unpaired) electrons. The van der Waals surface area contributed by atoms with E-state index in [2.05, 4.69) is 15.6 Å². The topological polar surface area (TPSA) is 91.4 Å². The molecule has 1 aromatic heterocycles. The van der Waals surface area contributed by atoms with E-state index in [0.717, 1.165) is 12.8 Å². The maximum atomic E-state index is 14.2. The van der Waals surface area contributed by atoms with E-state index in [-0.39, 0.29) is 35.7 Å². The van der Waals surface area contributed by atoms with Crippen molar-refractivity contribution in [1.82, 2.24) is 15.2 Å². The van der Waals surface area contributed by atoms with Gasteiger partial charge in [0.2, 0.25) is 11.8 Å². The number of pyridine rings is 1. The van der Waals surface area contributed by atoms with Gasteiger partial charge < -0.3 is 15.5 Å². The minimum absolute atomic E-state index is 0.0367. The molecular formula is C21H21FN4O3. The molecule has 7 nitrogen and oxygen atoms in total. The van der Waals surface area contributed by atoms with E-state index in [0.29, 0.717) is 36.5 Å². The van der Waals surface area contributed by atoms with Crippen LogP contribution in [0.25, 0.3) is 11.1 Å². The number of halogens is 1. The van der Waals surface area contributed by atoms with E-state index in [1.165, 1.54) is 23.2 Å². The van der Waals surface area contributed by atoms with E-state index >= 15 is 0 Å². The Kier molecular flexibility index (Phi) is 5.24. The number of hydrogen-bond donors (Lipinski definition) is 2. The first kappa shape index (κ1) is 19.0. The SMILES string of the molecule is O=C1CN(C(=O)c2cc(F)cc(-c3ccc(NC(=O)C4CC4)nc3)c2)CCCN1. The van der Waals surface area contributed by atoms with Crippen molar-refractivity contribution < 1.29 is 18.8 Å². The molecule has 3 amide bonds. The molecule has 1 aromatic carbocycles. The van der Waals surface area contributed by atoms with Gasteiger partial charge in [-0.3, -0.25) is 14.4 Å². The molecule has 1 saturated heterocycles. The van der Waals surface area contributed by atoms with Crippen molar-refractivity contribution in [3.8, 4) is 11.1 Å². The van der Waals surface area contributed by atoms with Crippen LogP contribution in [0.3, 0.4) is 0 Å². The minimum atomic E-state index is -0.545. The Morgan fingerprint density at radius 1 is 1.17 bits per heavy atom. The first-order chi connectivity index (χ1) is 14.0. The number of carbonyl (C=O) groups is 3. The third-order valence-electron chi connectivity index (χ3n) is 4.99.